The number of carbonyl (C=O) groups is 1. The molecule has 82 valence electrons. The molecule has 0 aliphatic rings. The van der Waals surface area contributed by atoms with Gasteiger partial charge < -0.3 is 9.67 Å². The van der Waals surface area contributed by atoms with E-state index in [1.807, 2.05) is 0 Å². The Morgan fingerprint density at radius 1 is 1.33 bits per heavy atom. The van der Waals surface area contributed by atoms with Gasteiger partial charge in [-0.3, -0.25) is 14.2 Å². The van der Waals surface area contributed by atoms with Crippen molar-refractivity contribution in [1.29, 1.82) is 0 Å². The van der Waals surface area contributed by atoms with Crippen LogP contribution in [0, 0.1) is 0 Å². The molecule has 6 nitrogen and oxygen atoms in total. The van der Waals surface area contributed by atoms with Crippen molar-refractivity contribution < 1.29 is 9.90 Å². The summed E-state index contributed by atoms with van der Waals surface area (Å²) in [5.41, 5.74) is -0.424. The quantitative estimate of drug-likeness (QED) is 0.704. The summed E-state index contributed by atoms with van der Waals surface area (Å²) in [7, 11) is 2.89. The zero-order valence-corrected chi connectivity index (χ0v) is 8.56. The number of rotatable bonds is 3. The normalized spacial score (nSPS) is 10.3. The summed E-state index contributed by atoms with van der Waals surface area (Å²) in [6.07, 6.45) is 0.0810. The first-order chi connectivity index (χ1) is 6.93. The van der Waals surface area contributed by atoms with Crippen molar-refractivity contribution in [3.63, 3.8) is 0 Å². The van der Waals surface area contributed by atoms with Crippen LogP contribution < -0.4 is 11.2 Å². The first-order valence-electron chi connectivity index (χ1n) is 4.41. The predicted molar refractivity (Wildman–Crippen MR) is 52.9 cm³/mol. The van der Waals surface area contributed by atoms with Crippen LogP contribution in [0.5, 0.6) is 0 Å². The molecule has 0 saturated heterocycles. The van der Waals surface area contributed by atoms with Crippen molar-refractivity contribution in [3.8, 4) is 0 Å². The lowest BCUT2D eigenvalue weighted by Gasteiger charge is -2.07. The van der Waals surface area contributed by atoms with Crippen molar-refractivity contribution in [1.82, 2.24) is 9.13 Å². The monoisotopic (exact) mass is 212 g/mol. The van der Waals surface area contributed by atoms with Crippen LogP contribution in [0.25, 0.3) is 0 Å². The Labute approximate surface area is 85.4 Å². The fourth-order valence-corrected chi connectivity index (χ4v) is 1.25. The van der Waals surface area contributed by atoms with E-state index in [2.05, 4.69) is 0 Å². The van der Waals surface area contributed by atoms with Gasteiger partial charge in [0.25, 0.3) is 5.56 Å². The van der Waals surface area contributed by atoms with Gasteiger partial charge >= 0.3 is 11.7 Å². The highest BCUT2D eigenvalue weighted by Crippen LogP contribution is 1.96. The highest BCUT2D eigenvalue weighted by Gasteiger charge is 2.07. The fourth-order valence-electron chi connectivity index (χ4n) is 1.25. The molecule has 1 N–H and O–H groups in total. The Morgan fingerprint density at radius 3 is 2.47 bits per heavy atom. The van der Waals surface area contributed by atoms with Gasteiger partial charge in [-0.2, -0.15) is 0 Å². The van der Waals surface area contributed by atoms with Gasteiger partial charge in [0.1, 0.15) is 0 Å². The van der Waals surface area contributed by atoms with Gasteiger partial charge in [-0.05, 0) is 6.42 Å². The summed E-state index contributed by atoms with van der Waals surface area (Å²) in [4.78, 5) is 33.0. The molecular weight excluding hydrogens is 200 g/mol. The van der Waals surface area contributed by atoms with Crippen LogP contribution >= 0.6 is 0 Å². The molecule has 0 fully saturated rings. The van der Waals surface area contributed by atoms with Crippen molar-refractivity contribution in [2.45, 2.75) is 12.8 Å². The van der Waals surface area contributed by atoms with E-state index in [9.17, 15) is 14.4 Å². The Bertz CT molecular complexity index is 498. The Morgan fingerprint density at radius 2 is 1.93 bits per heavy atom. The Kier molecular flexibility index (Phi) is 3.08. The fraction of sp³-hybridized carbons (Fsp3) is 0.444. The van der Waals surface area contributed by atoms with E-state index in [1.54, 1.807) is 0 Å². The van der Waals surface area contributed by atoms with E-state index in [4.69, 9.17) is 5.11 Å². The molecule has 0 amide bonds. The second-order valence-corrected chi connectivity index (χ2v) is 3.27. The molecule has 1 aromatic heterocycles. The van der Waals surface area contributed by atoms with Crippen molar-refractivity contribution in [2.75, 3.05) is 0 Å². The molecule has 0 bridgehead atoms. The van der Waals surface area contributed by atoms with Gasteiger partial charge in [0, 0.05) is 25.9 Å². The molecule has 6 heteroatoms. The van der Waals surface area contributed by atoms with E-state index in [0.29, 0.717) is 5.69 Å². The van der Waals surface area contributed by atoms with E-state index >= 15 is 0 Å². The highest BCUT2D eigenvalue weighted by molar-refractivity contribution is 5.66. The molecule has 0 atom stereocenters. The van der Waals surface area contributed by atoms with Crippen molar-refractivity contribution in [3.05, 3.63) is 32.6 Å². The first-order valence-corrected chi connectivity index (χ1v) is 4.41. The summed E-state index contributed by atoms with van der Waals surface area (Å²) in [6.45, 7) is 0. The van der Waals surface area contributed by atoms with Crippen molar-refractivity contribution >= 4 is 5.97 Å². The molecule has 0 aliphatic carbocycles. The lowest BCUT2D eigenvalue weighted by molar-refractivity contribution is -0.136. The first kappa shape index (κ1) is 11.2. The Balaban J connectivity index is 3.16. The van der Waals surface area contributed by atoms with Gasteiger partial charge in [-0.25, -0.2) is 4.79 Å². The third-order valence-corrected chi connectivity index (χ3v) is 2.22. The lowest BCUT2D eigenvalue weighted by atomic mass is 10.2. The molecule has 15 heavy (non-hydrogen) atoms. The smallest absolute Gasteiger partial charge is 0.330 e. The van der Waals surface area contributed by atoms with E-state index in [0.717, 1.165) is 4.57 Å². The van der Waals surface area contributed by atoms with E-state index in [1.165, 1.54) is 24.7 Å². The van der Waals surface area contributed by atoms with Crippen LogP contribution in [0.3, 0.4) is 0 Å². The second kappa shape index (κ2) is 4.12. The number of aryl methyl sites for hydroxylation is 1. The third-order valence-electron chi connectivity index (χ3n) is 2.22. The van der Waals surface area contributed by atoms with Gasteiger partial charge in [-0.15, -0.1) is 0 Å². The molecule has 1 heterocycles. The number of hydrogen-bond donors (Lipinski definition) is 1. The van der Waals surface area contributed by atoms with Gasteiger partial charge in [0.15, 0.2) is 0 Å². The van der Waals surface area contributed by atoms with Crippen LogP contribution in [-0.2, 0) is 25.3 Å². The van der Waals surface area contributed by atoms with Crippen molar-refractivity contribution in [2.24, 2.45) is 14.1 Å². The molecule has 0 aliphatic heterocycles. The predicted octanol–water partition coefficient (Wildman–Crippen LogP) is -0.899. The molecule has 1 rings (SSSR count). The second-order valence-electron chi connectivity index (χ2n) is 3.27. The molecule has 1 aromatic rings. The number of aromatic nitrogens is 2. The average molecular weight is 212 g/mol. The minimum atomic E-state index is -0.955. The van der Waals surface area contributed by atoms with E-state index in [-0.39, 0.29) is 12.8 Å². The lowest BCUT2D eigenvalue weighted by Crippen LogP contribution is -2.38. The molecule has 0 unspecified atom stereocenters. The summed E-state index contributed by atoms with van der Waals surface area (Å²) >= 11 is 0. The number of hydrogen-bond acceptors (Lipinski definition) is 3. The summed E-state index contributed by atoms with van der Waals surface area (Å²) in [6, 6.07) is 1.28. The minimum Gasteiger partial charge on any atom is -0.481 e. The van der Waals surface area contributed by atoms with Crippen LogP contribution in [0.15, 0.2) is 15.7 Å². The Hall–Kier alpha value is -1.85. The van der Waals surface area contributed by atoms with Gasteiger partial charge in [0.2, 0.25) is 0 Å². The number of nitrogens with zero attached hydrogens (tertiary/aromatic N) is 2. The van der Waals surface area contributed by atoms with Gasteiger partial charge in [-0.1, -0.05) is 0 Å². The van der Waals surface area contributed by atoms with Crippen LogP contribution in [0.2, 0.25) is 0 Å². The average Bonchev–Trinajstić information content (AvgIpc) is 2.18. The summed E-state index contributed by atoms with van der Waals surface area (Å²) in [5, 5.41) is 8.49. The van der Waals surface area contributed by atoms with Crippen LogP contribution in [0.4, 0.5) is 0 Å². The number of carboxylic acid groups (broad SMARTS) is 1. The third kappa shape index (κ3) is 2.34. The highest BCUT2D eigenvalue weighted by atomic mass is 16.4. The zero-order valence-electron chi connectivity index (χ0n) is 8.56. The molecule has 0 radical (unpaired) electrons. The maximum atomic E-state index is 11.4. The largest absolute Gasteiger partial charge is 0.481 e. The maximum Gasteiger partial charge on any atom is 0.330 e. The SMILES string of the molecule is Cn1c(CCC(=O)O)cc(=O)n(C)c1=O. The number of aliphatic carboxylic acids is 1. The molecule has 0 spiro atoms. The topological polar surface area (TPSA) is 81.3 Å². The van der Waals surface area contributed by atoms with E-state index < -0.39 is 17.2 Å². The maximum absolute atomic E-state index is 11.4. The number of carboxylic acids is 1. The molecular formula is C9H12N2O4. The minimum absolute atomic E-state index is 0.0968. The van der Waals surface area contributed by atoms with Gasteiger partial charge in [0.05, 0.1) is 6.42 Å². The summed E-state index contributed by atoms with van der Waals surface area (Å²) in [5.74, 6) is -0.955. The standard InChI is InChI=1S/C9H12N2O4/c1-10-6(3-4-8(13)14)5-7(12)11(2)9(10)15/h5H,3-4H2,1-2H3,(H,13,14). The summed E-state index contributed by atoms with van der Waals surface area (Å²) < 4.78 is 2.26. The molecule has 0 saturated carbocycles. The zero-order chi connectivity index (χ0) is 11.6. The van der Waals surface area contributed by atoms with Crippen LogP contribution in [0.1, 0.15) is 12.1 Å². The molecule has 0 aromatic carbocycles. The van der Waals surface area contributed by atoms with Crippen LogP contribution in [-0.4, -0.2) is 20.2 Å².